The van der Waals surface area contributed by atoms with Gasteiger partial charge in [0.05, 0.1) is 5.75 Å². The van der Waals surface area contributed by atoms with Crippen LogP contribution in [0.5, 0.6) is 0 Å². The lowest BCUT2D eigenvalue weighted by molar-refractivity contribution is -0.119. The van der Waals surface area contributed by atoms with Crippen molar-refractivity contribution < 1.29 is 4.79 Å². The van der Waals surface area contributed by atoms with Crippen LogP contribution in [-0.4, -0.2) is 24.7 Å². The fraction of sp³-hybridized carbons (Fsp3) is 0.562. The van der Waals surface area contributed by atoms with Gasteiger partial charge in [-0.15, -0.1) is 11.8 Å². The van der Waals surface area contributed by atoms with Gasteiger partial charge in [-0.2, -0.15) is 0 Å². The summed E-state index contributed by atoms with van der Waals surface area (Å²) in [5, 5.41) is 6.36. The highest BCUT2D eigenvalue weighted by atomic mass is 32.2. The van der Waals surface area contributed by atoms with E-state index >= 15 is 0 Å². The molecular weight excluding hydrogens is 268 g/mol. The van der Waals surface area contributed by atoms with Crippen LogP contribution in [0, 0.1) is 0 Å². The summed E-state index contributed by atoms with van der Waals surface area (Å²) in [7, 11) is 1.96. The molecule has 1 aliphatic carbocycles. The standard InChI is InChI=1S/C16H24N2OS/c1-12(17-2)13-6-5-9-15(10-13)20-11-16(19)18-14-7-3-4-8-14/h5-6,9-10,12,14,17H,3-4,7-8,11H2,1-2H3,(H,18,19). The second-order valence-corrected chi connectivity index (χ2v) is 6.47. The molecule has 1 amide bonds. The van der Waals surface area contributed by atoms with E-state index in [9.17, 15) is 4.79 Å². The quantitative estimate of drug-likeness (QED) is 0.792. The Bertz CT molecular complexity index is 444. The van der Waals surface area contributed by atoms with Crippen LogP contribution in [-0.2, 0) is 4.79 Å². The minimum Gasteiger partial charge on any atom is -0.353 e. The molecule has 0 heterocycles. The lowest BCUT2D eigenvalue weighted by Gasteiger charge is -2.13. The maximum Gasteiger partial charge on any atom is 0.230 e. The van der Waals surface area contributed by atoms with Gasteiger partial charge in [0, 0.05) is 17.0 Å². The minimum absolute atomic E-state index is 0.161. The van der Waals surface area contributed by atoms with Crippen LogP contribution in [0.2, 0.25) is 0 Å². The molecule has 20 heavy (non-hydrogen) atoms. The van der Waals surface area contributed by atoms with E-state index in [-0.39, 0.29) is 5.91 Å². The Morgan fingerprint density at radius 3 is 2.85 bits per heavy atom. The van der Waals surface area contributed by atoms with E-state index in [1.165, 1.54) is 18.4 Å². The van der Waals surface area contributed by atoms with E-state index in [1.54, 1.807) is 11.8 Å². The van der Waals surface area contributed by atoms with E-state index in [4.69, 9.17) is 0 Å². The van der Waals surface area contributed by atoms with Gasteiger partial charge in [-0.05, 0) is 44.5 Å². The van der Waals surface area contributed by atoms with Crippen LogP contribution in [0.25, 0.3) is 0 Å². The van der Waals surface area contributed by atoms with Gasteiger partial charge in [0.15, 0.2) is 0 Å². The molecule has 0 aliphatic heterocycles. The summed E-state index contributed by atoms with van der Waals surface area (Å²) in [5.41, 5.74) is 1.26. The Labute approximate surface area is 125 Å². The first kappa shape index (κ1) is 15.4. The Balaban J connectivity index is 1.82. The van der Waals surface area contributed by atoms with Gasteiger partial charge in [0.1, 0.15) is 0 Å². The smallest absolute Gasteiger partial charge is 0.230 e. The molecule has 0 saturated heterocycles. The summed E-state index contributed by atoms with van der Waals surface area (Å²) in [5.74, 6) is 0.669. The first-order valence-corrected chi connectivity index (χ1v) is 8.37. The van der Waals surface area contributed by atoms with Gasteiger partial charge in [-0.25, -0.2) is 0 Å². The lowest BCUT2D eigenvalue weighted by Crippen LogP contribution is -2.33. The van der Waals surface area contributed by atoms with Gasteiger partial charge >= 0.3 is 0 Å². The molecule has 0 spiro atoms. The van der Waals surface area contributed by atoms with Crippen molar-refractivity contribution in [1.82, 2.24) is 10.6 Å². The van der Waals surface area contributed by atoms with Crippen molar-refractivity contribution in [2.24, 2.45) is 0 Å². The highest BCUT2D eigenvalue weighted by Crippen LogP contribution is 2.23. The summed E-state index contributed by atoms with van der Waals surface area (Å²) < 4.78 is 0. The number of rotatable bonds is 6. The third kappa shape index (κ3) is 4.53. The van der Waals surface area contributed by atoms with Crippen LogP contribution in [0.3, 0.4) is 0 Å². The number of hydrogen-bond acceptors (Lipinski definition) is 3. The van der Waals surface area contributed by atoms with Crippen molar-refractivity contribution in [1.29, 1.82) is 0 Å². The van der Waals surface area contributed by atoms with Crippen molar-refractivity contribution in [3.05, 3.63) is 29.8 Å². The maximum absolute atomic E-state index is 11.9. The Kier molecular flexibility index (Phi) is 5.92. The lowest BCUT2D eigenvalue weighted by atomic mass is 10.1. The van der Waals surface area contributed by atoms with Crippen LogP contribution in [0.1, 0.15) is 44.2 Å². The Hall–Kier alpha value is -1.00. The van der Waals surface area contributed by atoms with E-state index < -0.39 is 0 Å². The van der Waals surface area contributed by atoms with Gasteiger partial charge in [0.25, 0.3) is 0 Å². The molecule has 3 nitrogen and oxygen atoms in total. The molecule has 1 unspecified atom stereocenters. The van der Waals surface area contributed by atoms with Crippen LogP contribution < -0.4 is 10.6 Å². The molecule has 1 fully saturated rings. The van der Waals surface area contributed by atoms with Crippen molar-refractivity contribution in [3.8, 4) is 0 Å². The average molecular weight is 292 g/mol. The Morgan fingerprint density at radius 1 is 1.40 bits per heavy atom. The molecule has 0 radical (unpaired) electrons. The average Bonchev–Trinajstić information content (AvgIpc) is 2.97. The second kappa shape index (κ2) is 7.70. The Morgan fingerprint density at radius 2 is 2.15 bits per heavy atom. The summed E-state index contributed by atoms with van der Waals surface area (Å²) in [6.07, 6.45) is 4.79. The summed E-state index contributed by atoms with van der Waals surface area (Å²) >= 11 is 1.61. The zero-order chi connectivity index (χ0) is 14.4. The highest BCUT2D eigenvalue weighted by Gasteiger charge is 2.17. The van der Waals surface area contributed by atoms with E-state index in [0.29, 0.717) is 17.8 Å². The largest absolute Gasteiger partial charge is 0.353 e. The summed E-state index contributed by atoms with van der Waals surface area (Å²) in [6, 6.07) is 9.15. The number of carbonyl (C=O) groups excluding carboxylic acids is 1. The number of benzene rings is 1. The molecule has 1 saturated carbocycles. The first-order chi connectivity index (χ1) is 9.69. The van der Waals surface area contributed by atoms with Crippen LogP contribution in [0.15, 0.2) is 29.2 Å². The predicted octanol–water partition coefficient (Wildman–Crippen LogP) is 3.12. The van der Waals surface area contributed by atoms with Gasteiger partial charge in [-0.3, -0.25) is 4.79 Å². The van der Waals surface area contributed by atoms with Gasteiger partial charge < -0.3 is 10.6 Å². The molecule has 1 aliphatic rings. The number of carbonyl (C=O) groups is 1. The fourth-order valence-electron chi connectivity index (χ4n) is 2.53. The van der Waals surface area contributed by atoms with Gasteiger partial charge in [-0.1, -0.05) is 25.0 Å². The van der Waals surface area contributed by atoms with Gasteiger partial charge in [0.2, 0.25) is 5.91 Å². The zero-order valence-electron chi connectivity index (χ0n) is 12.3. The first-order valence-electron chi connectivity index (χ1n) is 7.38. The molecular formula is C16H24N2OS. The van der Waals surface area contributed by atoms with E-state index in [0.717, 1.165) is 17.7 Å². The monoisotopic (exact) mass is 292 g/mol. The van der Waals surface area contributed by atoms with E-state index in [1.807, 2.05) is 7.05 Å². The second-order valence-electron chi connectivity index (χ2n) is 5.42. The maximum atomic E-state index is 11.9. The van der Waals surface area contributed by atoms with Crippen molar-refractivity contribution in [3.63, 3.8) is 0 Å². The molecule has 0 aromatic heterocycles. The third-order valence-corrected chi connectivity index (χ3v) is 4.88. The third-order valence-electron chi connectivity index (χ3n) is 3.88. The minimum atomic E-state index is 0.161. The molecule has 0 bridgehead atoms. The van der Waals surface area contributed by atoms with Crippen molar-refractivity contribution in [2.75, 3.05) is 12.8 Å². The number of nitrogens with one attached hydrogen (secondary N) is 2. The molecule has 1 aromatic rings. The van der Waals surface area contributed by atoms with Crippen LogP contribution >= 0.6 is 11.8 Å². The van der Waals surface area contributed by atoms with Crippen molar-refractivity contribution in [2.45, 2.75) is 49.6 Å². The highest BCUT2D eigenvalue weighted by molar-refractivity contribution is 8.00. The fourth-order valence-corrected chi connectivity index (χ4v) is 3.30. The summed E-state index contributed by atoms with van der Waals surface area (Å²) in [4.78, 5) is 13.1. The SMILES string of the molecule is CNC(C)c1cccc(SCC(=O)NC2CCCC2)c1. The topological polar surface area (TPSA) is 41.1 Å². The van der Waals surface area contributed by atoms with Crippen LogP contribution in [0.4, 0.5) is 0 Å². The molecule has 2 rings (SSSR count). The molecule has 4 heteroatoms. The normalized spacial score (nSPS) is 17.1. The molecule has 1 aromatic carbocycles. The molecule has 2 N–H and O–H groups in total. The number of thioether (sulfide) groups is 1. The zero-order valence-corrected chi connectivity index (χ0v) is 13.1. The number of hydrogen-bond donors (Lipinski definition) is 2. The number of amides is 1. The summed E-state index contributed by atoms with van der Waals surface area (Å²) in [6.45, 7) is 2.14. The molecule has 110 valence electrons. The van der Waals surface area contributed by atoms with Crippen molar-refractivity contribution >= 4 is 17.7 Å². The predicted molar refractivity (Wildman–Crippen MR) is 85.0 cm³/mol. The van der Waals surface area contributed by atoms with E-state index in [2.05, 4.69) is 41.8 Å². The molecule has 1 atom stereocenters.